The SMILES string of the molecule is CCCC(=O)c1cc2c(C)cccc2o1. The Balaban J connectivity index is 2.47. The van der Waals surface area contributed by atoms with Crippen LogP contribution in [-0.4, -0.2) is 5.78 Å². The lowest BCUT2D eigenvalue weighted by molar-refractivity contribution is 0.0957. The van der Waals surface area contributed by atoms with Crippen LogP contribution in [0.2, 0.25) is 0 Å². The summed E-state index contributed by atoms with van der Waals surface area (Å²) in [5.41, 5.74) is 1.95. The lowest BCUT2D eigenvalue weighted by Gasteiger charge is -1.91. The number of hydrogen-bond acceptors (Lipinski definition) is 2. The van der Waals surface area contributed by atoms with Gasteiger partial charge in [-0.15, -0.1) is 0 Å². The third-order valence-corrected chi connectivity index (χ3v) is 2.53. The number of benzene rings is 1. The number of Topliss-reactive ketones (excluding diaryl/α,β-unsaturated/α-hetero) is 1. The summed E-state index contributed by atoms with van der Waals surface area (Å²) in [5.74, 6) is 0.578. The first-order valence-electron chi connectivity index (χ1n) is 5.24. The lowest BCUT2D eigenvalue weighted by Crippen LogP contribution is -1.94. The summed E-state index contributed by atoms with van der Waals surface area (Å²) in [6, 6.07) is 7.70. The molecule has 0 amide bonds. The minimum atomic E-state index is 0.0908. The smallest absolute Gasteiger partial charge is 0.198 e. The van der Waals surface area contributed by atoms with Gasteiger partial charge in [-0.25, -0.2) is 0 Å². The second-order valence-electron chi connectivity index (χ2n) is 3.77. The number of carbonyl (C=O) groups is 1. The molecule has 0 saturated heterocycles. The molecule has 0 spiro atoms. The molecular formula is C13H14O2. The Morgan fingerprint density at radius 1 is 1.40 bits per heavy atom. The number of furan rings is 1. The highest BCUT2D eigenvalue weighted by Crippen LogP contribution is 2.23. The second-order valence-corrected chi connectivity index (χ2v) is 3.77. The van der Waals surface area contributed by atoms with Gasteiger partial charge in [-0.05, 0) is 31.0 Å². The van der Waals surface area contributed by atoms with Crippen molar-refractivity contribution >= 4 is 16.8 Å². The molecule has 2 heteroatoms. The zero-order chi connectivity index (χ0) is 10.8. The summed E-state index contributed by atoms with van der Waals surface area (Å²) in [5, 5.41) is 1.04. The third-order valence-electron chi connectivity index (χ3n) is 2.53. The minimum Gasteiger partial charge on any atom is -0.453 e. The zero-order valence-electron chi connectivity index (χ0n) is 9.04. The number of carbonyl (C=O) groups excluding carboxylic acids is 1. The second kappa shape index (κ2) is 3.89. The van der Waals surface area contributed by atoms with Crippen LogP contribution in [0.5, 0.6) is 0 Å². The summed E-state index contributed by atoms with van der Waals surface area (Å²) in [6.07, 6.45) is 1.41. The molecule has 0 unspecified atom stereocenters. The van der Waals surface area contributed by atoms with Crippen molar-refractivity contribution in [1.82, 2.24) is 0 Å². The van der Waals surface area contributed by atoms with Crippen LogP contribution in [0.1, 0.15) is 35.9 Å². The van der Waals surface area contributed by atoms with E-state index in [1.165, 1.54) is 0 Å². The fourth-order valence-electron chi connectivity index (χ4n) is 1.69. The van der Waals surface area contributed by atoms with Crippen molar-refractivity contribution in [3.8, 4) is 0 Å². The maximum absolute atomic E-state index is 11.6. The molecule has 2 aromatic rings. The van der Waals surface area contributed by atoms with Gasteiger partial charge >= 0.3 is 0 Å². The number of fused-ring (bicyclic) bond motifs is 1. The molecule has 0 aliphatic heterocycles. The molecule has 15 heavy (non-hydrogen) atoms. The highest BCUT2D eigenvalue weighted by Gasteiger charge is 2.11. The van der Waals surface area contributed by atoms with E-state index in [1.807, 2.05) is 38.1 Å². The topological polar surface area (TPSA) is 30.2 Å². The Morgan fingerprint density at radius 2 is 2.20 bits per heavy atom. The van der Waals surface area contributed by atoms with E-state index in [2.05, 4.69) is 0 Å². The van der Waals surface area contributed by atoms with E-state index >= 15 is 0 Å². The van der Waals surface area contributed by atoms with Crippen LogP contribution in [0.15, 0.2) is 28.7 Å². The van der Waals surface area contributed by atoms with Crippen LogP contribution in [0.25, 0.3) is 11.0 Å². The highest BCUT2D eigenvalue weighted by molar-refractivity contribution is 5.98. The van der Waals surface area contributed by atoms with Gasteiger partial charge in [0.15, 0.2) is 11.5 Å². The third kappa shape index (κ3) is 1.80. The molecule has 2 nitrogen and oxygen atoms in total. The number of aryl methyl sites for hydroxylation is 1. The molecular weight excluding hydrogens is 188 g/mol. The Kier molecular flexibility index (Phi) is 2.58. The van der Waals surface area contributed by atoms with E-state index in [9.17, 15) is 4.79 Å². The fourth-order valence-corrected chi connectivity index (χ4v) is 1.69. The molecule has 0 atom stereocenters. The Morgan fingerprint density at radius 3 is 2.87 bits per heavy atom. The van der Waals surface area contributed by atoms with Gasteiger partial charge in [0.05, 0.1) is 0 Å². The molecule has 0 saturated carbocycles. The van der Waals surface area contributed by atoms with E-state index in [1.54, 1.807) is 0 Å². The summed E-state index contributed by atoms with van der Waals surface area (Å²) in [7, 11) is 0. The van der Waals surface area contributed by atoms with Crippen molar-refractivity contribution in [2.45, 2.75) is 26.7 Å². The van der Waals surface area contributed by atoms with Crippen molar-refractivity contribution in [1.29, 1.82) is 0 Å². The maximum Gasteiger partial charge on any atom is 0.198 e. The van der Waals surface area contributed by atoms with Crippen LogP contribution >= 0.6 is 0 Å². The average Bonchev–Trinajstić information content (AvgIpc) is 2.63. The van der Waals surface area contributed by atoms with Gasteiger partial charge in [-0.1, -0.05) is 19.1 Å². The number of hydrogen-bond donors (Lipinski definition) is 0. The van der Waals surface area contributed by atoms with Crippen LogP contribution < -0.4 is 0 Å². The van der Waals surface area contributed by atoms with Crippen LogP contribution in [0.3, 0.4) is 0 Å². The molecule has 0 aliphatic rings. The van der Waals surface area contributed by atoms with Gasteiger partial charge in [-0.3, -0.25) is 4.79 Å². The molecule has 1 aromatic carbocycles. The molecule has 1 heterocycles. The van der Waals surface area contributed by atoms with E-state index < -0.39 is 0 Å². The first-order chi connectivity index (χ1) is 7.22. The highest BCUT2D eigenvalue weighted by atomic mass is 16.3. The maximum atomic E-state index is 11.6. The molecule has 0 bridgehead atoms. The van der Waals surface area contributed by atoms with Gasteiger partial charge in [0.1, 0.15) is 5.58 Å². The molecule has 0 aliphatic carbocycles. The molecule has 0 N–H and O–H groups in total. The number of ketones is 1. The summed E-state index contributed by atoms with van der Waals surface area (Å²) in [6.45, 7) is 4.01. The zero-order valence-corrected chi connectivity index (χ0v) is 9.04. The van der Waals surface area contributed by atoms with Gasteiger partial charge in [0, 0.05) is 11.8 Å². The Labute approximate surface area is 88.9 Å². The van der Waals surface area contributed by atoms with Crippen molar-refractivity contribution in [2.75, 3.05) is 0 Å². The van der Waals surface area contributed by atoms with Gasteiger partial charge in [0.2, 0.25) is 0 Å². The molecule has 2 rings (SSSR count). The quantitative estimate of drug-likeness (QED) is 0.710. The van der Waals surface area contributed by atoms with E-state index in [0.717, 1.165) is 23.0 Å². The Hall–Kier alpha value is -1.57. The first-order valence-corrected chi connectivity index (χ1v) is 5.24. The summed E-state index contributed by atoms with van der Waals surface area (Å²) >= 11 is 0. The lowest BCUT2D eigenvalue weighted by atomic mass is 10.1. The van der Waals surface area contributed by atoms with E-state index in [-0.39, 0.29) is 5.78 Å². The minimum absolute atomic E-state index is 0.0908. The van der Waals surface area contributed by atoms with Gasteiger partial charge in [-0.2, -0.15) is 0 Å². The molecule has 0 radical (unpaired) electrons. The van der Waals surface area contributed by atoms with E-state index in [0.29, 0.717) is 12.2 Å². The molecule has 0 fully saturated rings. The predicted octanol–water partition coefficient (Wildman–Crippen LogP) is 3.72. The monoisotopic (exact) mass is 202 g/mol. The normalized spacial score (nSPS) is 10.8. The van der Waals surface area contributed by atoms with Crippen LogP contribution in [0, 0.1) is 6.92 Å². The summed E-state index contributed by atoms with van der Waals surface area (Å²) < 4.78 is 5.51. The van der Waals surface area contributed by atoms with Crippen molar-refractivity contribution in [2.24, 2.45) is 0 Å². The predicted molar refractivity (Wildman–Crippen MR) is 60.2 cm³/mol. The van der Waals surface area contributed by atoms with Gasteiger partial charge < -0.3 is 4.42 Å². The van der Waals surface area contributed by atoms with E-state index in [4.69, 9.17) is 4.42 Å². The fraction of sp³-hybridized carbons (Fsp3) is 0.308. The van der Waals surface area contributed by atoms with Crippen molar-refractivity contribution in [3.05, 3.63) is 35.6 Å². The summed E-state index contributed by atoms with van der Waals surface area (Å²) in [4.78, 5) is 11.6. The molecule has 78 valence electrons. The van der Waals surface area contributed by atoms with Crippen molar-refractivity contribution < 1.29 is 9.21 Å². The largest absolute Gasteiger partial charge is 0.453 e. The Bertz CT molecular complexity index is 494. The first kappa shape index (κ1) is 9.97. The van der Waals surface area contributed by atoms with Crippen LogP contribution in [-0.2, 0) is 0 Å². The van der Waals surface area contributed by atoms with Crippen LogP contribution in [0.4, 0.5) is 0 Å². The standard InChI is InChI=1S/C13H14O2/c1-3-5-11(14)13-8-10-9(2)6-4-7-12(10)15-13/h4,6-8H,3,5H2,1-2H3. The van der Waals surface area contributed by atoms with Gasteiger partial charge in [0.25, 0.3) is 0 Å². The van der Waals surface area contributed by atoms with Crippen molar-refractivity contribution in [3.63, 3.8) is 0 Å². The molecule has 1 aromatic heterocycles. The number of rotatable bonds is 3. The average molecular weight is 202 g/mol.